The van der Waals surface area contributed by atoms with Gasteiger partial charge in [-0.25, -0.2) is 0 Å². The van der Waals surface area contributed by atoms with E-state index in [1.165, 1.54) is 31.3 Å². The van der Waals surface area contributed by atoms with Crippen molar-refractivity contribution in [1.82, 2.24) is 0 Å². The van der Waals surface area contributed by atoms with Crippen LogP contribution in [0.2, 0.25) is 0 Å². The van der Waals surface area contributed by atoms with Crippen LogP contribution in [0, 0.1) is 56.7 Å². The molecule has 0 amide bonds. The van der Waals surface area contributed by atoms with E-state index in [1.54, 1.807) is 6.92 Å². The Hall–Kier alpha value is -1.85. The Bertz CT molecular complexity index is 1130. The Morgan fingerprint density at radius 3 is 2.17 bits per heavy atom. The molecule has 0 aromatic heterocycles. The number of fused-ring (bicyclic) bond motifs is 7. The van der Waals surface area contributed by atoms with E-state index in [1.807, 2.05) is 0 Å². The number of hydrogen-bond donors (Lipinski definition) is 1. The van der Waals surface area contributed by atoms with Gasteiger partial charge in [0.15, 0.2) is 0 Å². The zero-order chi connectivity index (χ0) is 30.9. The summed E-state index contributed by atoms with van der Waals surface area (Å²) in [5.74, 6) is 1.19. The van der Waals surface area contributed by atoms with Crippen LogP contribution >= 0.6 is 0 Å². The van der Waals surface area contributed by atoms with Gasteiger partial charge in [0, 0.05) is 17.8 Å². The maximum atomic E-state index is 12.6. The first-order valence-corrected chi connectivity index (χ1v) is 16.7. The van der Waals surface area contributed by atoms with Crippen LogP contribution < -0.4 is 0 Å². The van der Waals surface area contributed by atoms with Crippen LogP contribution in [0.5, 0.6) is 0 Å². The van der Waals surface area contributed by atoms with Gasteiger partial charge >= 0.3 is 17.9 Å². The quantitative estimate of drug-likeness (QED) is 0.241. The van der Waals surface area contributed by atoms with Gasteiger partial charge in [0.1, 0.15) is 6.10 Å². The first-order chi connectivity index (χ1) is 19.5. The molecule has 42 heavy (non-hydrogen) atoms. The van der Waals surface area contributed by atoms with Gasteiger partial charge in [-0.05, 0) is 117 Å². The first kappa shape index (κ1) is 31.6. The summed E-state index contributed by atoms with van der Waals surface area (Å²) in [7, 11) is 0. The van der Waals surface area contributed by atoms with E-state index in [2.05, 4.69) is 48.1 Å². The second-order valence-corrected chi connectivity index (χ2v) is 16.6. The fourth-order valence-electron chi connectivity index (χ4n) is 12.4. The molecule has 0 unspecified atom stereocenters. The maximum Gasteiger partial charge on any atom is 0.306 e. The molecule has 6 nitrogen and oxygen atoms in total. The molecular weight excluding hydrogens is 528 g/mol. The molecule has 0 radical (unpaired) electrons. The van der Waals surface area contributed by atoms with Crippen LogP contribution in [-0.2, 0) is 23.9 Å². The number of rotatable bonds is 7. The minimum atomic E-state index is -0.961. The topological polar surface area (TPSA) is 89.9 Å². The normalized spacial score (nSPS) is 45.4. The molecule has 0 spiro atoms. The van der Waals surface area contributed by atoms with Crippen LogP contribution in [0.25, 0.3) is 0 Å². The van der Waals surface area contributed by atoms with Crippen LogP contribution in [0.15, 0.2) is 12.2 Å². The predicted molar refractivity (Wildman–Crippen MR) is 162 cm³/mol. The molecule has 5 fully saturated rings. The molecule has 10 atom stereocenters. The lowest BCUT2D eigenvalue weighted by atomic mass is 9.32. The highest BCUT2D eigenvalue weighted by Gasteiger charge is 2.71. The Morgan fingerprint density at radius 1 is 0.810 bits per heavy atom. The van der Waals surface area contributed by atoms with E-state index in [0.717, 1.165) is 38.5 Å². The summed E-state index contributed by atoms with van der Waals surface area (Å²) < 4.78 is 11.8. The summed E-state index contributed by atoms with van der Waals surface area (Å²) in [5, 5.41) is 9.02. The fourth-order valence-corrected chi connectivity index (χ4v) is 12.4. The Morgan fingerprint density at radius 2 is 1.52 bits per heavy atom. The van der Waals surface area contributed by atoms with E-state index in [0.29, 0.717) is 36.2 Å². The van der Waals surface area contributed by atoms with Crippen molar-refractivity contribution in [1.29, 1.82) is 0 Å². The number of ether oxygens (including phenoxy) is 2. The summed E-state index contributed by atoms with van der Waals surface area (Å²) in [4.78, 5) is 35.5. The van der Waals surface area contributed by atoms with Gasteiger partial charge in [0.25, 0.3) is 0 Å². The summed E-state index contributed by atoms with van der Waals surface area (Å²) in [6.45, 7) is 21.2. The Balaban J connectivity index is 1.42. The highest BCUT2D eigenvalue weighted by molar-refractivity contribution is 5.76. The molecule has 5 aliphatic carbocycles. The number of hydrogen-bond acceptors (Lipinski definition) is 5. The Kier molecular flexibility index (Phi) is 8.00. The molecule has 5 rings (SSSR count). The van der Waals surface area contributed by atoms with Gasteiger partial charge in [-0.15, -0.1) is 0 Å². The lowest BCUT2D eigenvalue weighted by Crippen LogP contribution is -2.67. The number of allylic oxidation sites excluding steroid dienone is 1. The third-order valence-corrected chi connectivity index (χ3v) is 14.6. The minimum Gasteiger partial charge on any atom is -0.481 e. The summed E-state index contributed by atoms with van der Waals surface area (Å²) in [6, 6.07) is 0. The van der Waals surface area contributed by atoms with Crippen molar-refractivity contribution in [3.05, 3.63) is 12.2 Å². The molecule has 5 saturated carbocycles. The molecule has 0 aliphatic heterocycles. The molecule has 0 aromatic rings. The van der Waals surface area contributed by atoms with Gasteiger partial charge in [-0.3, -0.25) is 14.4 Å². The molecule has 0 heterocycles. The van der Waals surface area contributed by atoms with Crippen LogP contribution in [0.1, 0.15) is 126 Å². The fraction of sp³-hybridized carbons (Fsp3) is 0.861. The molecule has 1 N–H and O–H groups in total. The molecule has 0 saturated heterocycles. The van der Waals surface area contributed by atoms with Gasteiger partial charge < -0.3 is 14.6 Å². The lowest BCUT2D eigenvalue weighted by molar-refractivity contribution is -0.252. The van der Waals surface area contributed by atoms with E-state index >= 15 is 0 Å². The summed E-state index contributed by atoms with van der Waals surface area (Å²) in [6.07, 6.45) is 10.9. The van der Waals surface area contributed by atoms with Crippen LogP contribution in [0.3, 0.4) is 0 Å². The zero-order valence-electron chi connectivity index (χ0n) is 27.4. The van der Waals surface area contributed by atoms with Crippen molar-refractivity contribution in [3.63, 3.8) is 0 Å². The average Bonchev–Trinajstić information content (AvgIpc) is 3.29. The van der Waals surface area contributed by atoms with Crippen molar-refractivity contribution in [3.8, 4) is 0 Å². The minimum absolute atomic E-state index is 0.0599. The van der Waals surface area contributed by atoms with Crippen LogP contribution in [-0.4, -0.2) is 35.7 Å². The number of carbonyl (C=O) groups excluding carboxylic acids is 2. The highest BCUT2D eigenvalue weighted by Crippen LogP contribution is 2.77. The van der Waals surface area contributed by atoms with Crippen LogP contribution in [0.4, 0.5) is 0 Å². The number of aliphatic carboxylic acids is 1. The zero-order valence-corrected chi connectivity index (χ0v) is 27.4. The number of carboxylic acid groups (broad SMARTS) is 1. The second-order valence-electron chi connectivity index (χ2n) is 16.6. The van der Waals surface area contributed by atoms with Gasteiger partial charge in [-0.1, -0.05) is 46.8 Å². The van der Waals surface area contributed by atoms with E-state index in [-0.39, 0.29) is 58.0 Å². The number of carboxylic acids is 1. The monoisotopic (exact) mass is 584 g/mol. The molecule has 0 aromatic carbocycles. The molecule has 236 valence electrons. The summed E-state index contributed by atoms with van der Waals surface area (Å²) >= 11 is 0. The van der Waals surface area contributed by atoms with E-state index in [4.69, 9.17) is 14.6 Å². The standard InChI is InChI=1S/C36H56O6/c1-22(2)24-13-18-36(21-41-23(3)37)20-19-34(7)25(31(24)36)9-10-27-33(6)16-15-28(42-30(40)12-11-29(38)39)32(4,5)26(33)14-17-35(27,34)8/h24-28,31H,1,9-21H2,2-8H3,(H,38,39)/t24-,25+,26-,27-,28-,31+,33-,34+,35+,36-/m0/s1. The summed E-state index contributed by atoms with van der Waals surface area (Å²) in [5.41, 5.74) is 1.83. The van der Waals surface area contributed by atoms with Gasteiger partial charge in [-0.2, -0.15) is 0 Å². The smallest absolute Gasteiger partial charge is 0.306 e. The second kappa shape index (κ2) is 10.6. The van der Waals surface area contributed by atoms with Crippen molar-refractivity contribution < 1.29 is 29.0 Å². The molecular formula is C36H56O6. The van der Waals surface area contributed by atoms with Gasteiger partial charge in [0.05, 0.1) is 19.4 Å². The largest absolute Gasteiger partial charge is 0.481 e. The average molecular weight is 585 g/mol. The number of carbonyl (C=O) groups is 3. The van der Waals surface area contributed by atoms with Crippen molar-refractivity contribution >= 4 is 17.9 Å². The Labute approximate surface area is 253 Å². The third-order valence-electron chi connectivity index (χ3n) is 14.6. The van der Waals surface area contributed by atoms with E-state index in [9.17, 15) is 14.4 Å². The van der Waals surface area contributed by atoms with Crippen molar-refractivity contribution in [2.24, 2.45) is 56.7 Å². The third kappa shape index (κ3) is 4.67. The molecule has 6 heteroatoms. The number of esters is 2. The highest BCUT2D eigenvalue weighted by atomic mass is 16.5. The first-order valence-electron chi connectivity index (χ1n) is 16.7. The van der Waals surface area contributed by atoms with Crippen molar-refractivity contribution in [2.75, 3.05) is 6.61 Å². The van der Waals surface area contributed by atoms with Crippen molar-refractivity contribution in [2.45, 2.75) is 132 Å². The maximum absolute atomic E-state index is 12.6. The molecule has 0 bridgehead atoms. The SMILES string of the molecule is C=C(C)[C@@H]1CC[C@@]2(COC(C)=O)CC[C@]3(C)[C@H](CC[C@H]4[C@@]5(C)CC[C@H](OC(=O)CCC(=O)O)C(C)(C)[C@@H]5CC[C@]43C)[C@@H]12. The van der Waals surface area contributed by atoms with Gasteiger partial charge in [0.2, 0.25) is 0 Å². The lowest BCUT2D eigenvalue weighted by Gasteiger charge is -2.73. The molecule has 5 aliphatic rings. The predicted octanol–water partition coefficient (Wildman–Crippen LogP) is 7.98. The van der Waals surface area contributed by atoms with E-state index < -0.39 is 5.97 Å².